The predicted molar refractivity (Wildman–Crippen MR) is 108 cm³/mol. The molecule has 1 aromatic heterocycles. The van der Waals surface area contributed by atoms with Crippen LogP contribution >= 0.6 is 11.3 Å². The molecule has 26 heavy (non-hydrogen) atoms. The Morgan fingerprint density at radius 2 is 1.92 bits per heavy atom. The SMILES string of the molecule is Cc1cc(O)cc(C)c1C[C@@H](CNC(=O)NCCc1ccsc1)N(C)C. The molecular formula is C20H29N3O2S. The summed E-state index contributed by atoms with van der Waals surface area (Å²) in [5.41, 5.74) is 4.63. The molecule has 6 heteroatoms. The van der Waals surface area contributed by atoms with E-state index < -0.39 is 0 Å². The molecule has 0 unspecified atom stereocenters. The number of carbonyl (C=O) groups is 1. The summed E-state index contributed by atoms with van der Waals surface area (Å²) in [5.74, 6) is 0.299. The van der Waals surface area contributed by atoms with Gasteiger partial charge in [-0.05, 0) is 92.0 Å². The summed E-state index contributed by atoms with van der Waals surface area (Å²) in [6, 6.07) is 5.71. The molecule has 1 heterocycles. The van der Waals surface area contributed by atoms with Crippen molar-refractivity contribution in [2.45, 2.75) is 32.7 Å². The van der Waals surface area contributed by atoms with Gasteiger partial charge in [0.1, 0.15) is 5.75 Å². The van der Waals surface area contributed by atoms with Crippen molar-refractivity contribution >= 4 is 17.4 Å². The van der Waals surface area contributed by atoms with Crippen molar-refractivity contribution in [1.29, 1.82) is 0 Å². The maximum atomic E-state index is 12.1. The topological polar surface area (TPSA) is 64.6 Å². The van der Waals surface area contributed by atoms with Crippen LogP contribution in [0.3, 0.4) is 0 Å². The van der Waals surface area contributed by atoms with Gasteiger partial charge in [-0.1, -0.05) is 0 Å². The monoisotopic (exact) mass is 375 g/mol. The number of thiophene rings is 1. The normalized spacial score (nSPS) is 12.2. The highest BCUT2D eigenvalue weighted by atomic mass is 32.1. The van der Waals surface area contributed by atoms with Crippen LogP contribution in [0.2, 0.25) is 0 Å². The molecule has 2 aromatic rings. The Bertz CT molecular complexity index is 691. The third kappa shape index (κ3) is 6.04. The van der Waals surface area contributed by atoms with E-state index in [-0.39, 0.29) is 12.1 Å². The van der Waals surface area contributed by atoms with E-state index in [1.54, 1.807) is 23.5 Å². The molecule has 5 nitrogen and oxygen atoms in total. The first-order chi connectivity index (χ1) is 12.4. The molecule has 0 bridgehead atoms. The first-order valence-corrected chi connectivity index (χ1v) is 9.79. The average Bonchev–Trinajstić information content (AvgIpc) is 3.06. The van der Waals surface area contributed by atoms with Crippen molar-refractivity contribution in [3.05, 3.63) is 51.2 Å². The minimum absolute atomic E-state index is 0.133. The second-order valence-electron chi connectivity index (χ2n) is 6.90. The number of benzene rings is 1. The number of aryl methyl sites for hydroxylation is 2. The van der Waals surface area contributed by atoms with Crippen LogP contribution in [-0.4, -0.2) is 49.3 Å². The molecule has 0 saturated heterocycles. The highest BCUT2D eigenvalue weighted by molar-refractivity contribution is 7.07. The van der Waals surface area contributed by atoms with Gasteiger partial charge in [0.2, 0.25) is 0 Å². The fourth-order valence-electron chi connectivity index (χ4n) is 2.99. The molecular weight excluding hydrogens is 346 g/mol. The van der Waals surface area contributed by atoms with E-state index in [2.05, 4.69) is 27.0 Å². The lowest BCUT2D eigenvalue weighted by Gasteiger charge is -2.26. The summed E-state index contributed by atoms with van der Waals surface area (Å²) < 4.78 is 0. The van der Waals surface area contributed by atoms with Crippen molar-refractivity contribution in [2.24, 2.45) is 0 Å². The third-order valence-electron chi connectivity index (χ3n) is 4.63. The number of nitrogens with zero attached hydrogens (tertiary/aromatic N) is 1. The highest BCUT2D eigenvalue weighted by Gasteiger charge is 2.16. The van der Waals surface area contributed by atoms with Gasteiger partial charge in [0.15, 0.2) is 0 Å². The Morgan fingerprint density at radius 3 is 2.50 bits per heavy atom. The molecule has 2 amide bonds. The molecule has 142 valence electrons. The van der Waals surface area contributed by atoms with Crippen molar-refractivity contribution in [1.82, 2.24) is 15.5 Å². The second-order valence-corrected chi connectivity index (χ2v) is 7.68. The molecule has 0 aliphatic heterocycles. The van der Waals surface area contributed by atoms with E-state index in [9.17, 15) is 9.90 Å². The standard InChI is InChI=1S/C20H29N3O2S/c1-14-9-18(24)10-15(2)19(14)11-17(23(3)4)12-22-20(25)21-7-5-16-6-8-26-13-16/h6,8-10,13,17,24H,5,7,11-12H2,1-4H3,(H2,21,22,25)/t17-/m0/s1. The van der Waals surface area contributed by atoms with Gasteiger partial charge in [0.05, 0.1) is 0 Å². The molecule has 0 fully saturated rings. The van der Waals surface area contributed by atoms with Crippen LogP contribution < -0.4 is 10.6 Å². The van der Waals surface area contributed by atoms with Gasteiger partial charge in [-0.3, -0.25) is 0 Å². The molecule has 0 spiro atoms. The van der Waals surface area contributed by atoms with Crippen LogP contribution in [0, 0.1) is 13.8 Å². The quantitative estimate of drug-likeness (QED) is 0.664. The number of amides is 2. The van der Waals surface area contributed by atoms with E-state index in [1.807, 2.05) is 33.3 Å². The number of aromatic hydroxyl groups is 1. The second kappa shape index (κ2) is 9.59. The molecule has 2 rings (SSSR count). The maximum absolute atomic E-state index is 12.1. The number of urea groups is 1. The predicted octanol–water partition coefficient (Wildman–Crippen LogP) is 3.09. The number of carbonyl (C=O) groups excluding carboxylic acids is 1. The molecule has 0 saturated carbocycles. The zero-order valence-electron chi connectivity index (χ0n) is 16.0. The molecule has 0 radical (unpaired) electrons. The lowest BCUT2D eigenvalue weighted by atomic mass is 9.95. The lowest BCUT2D eigenvalue weighted by Crippen LogP contribution is -2.45. The van der Waals surface area contributed by atoms with Gasteiger partial charge in [0.25, 0.3) is 0 Å². The molecule has 3 N–H and O–H groups in total. The van der Waals surface area contributed by atoms with Crippen molar-refractivity contribution in [2.75, 3.05) is 27.2 Å². The van der Waals surface area contributed by atoms with Gasteiger partial charge in [-0.15, -0.1) is 0 Å². The van der Waals surface area contributed by atoms with Crippen molar-refractivity contribution in [3.8, 4) is 5.75 Å². The summed E-state index contributed by atoms with van der Waals surface area (Å²) in [4.78, 5) is 14.2. The van der Waals surface area contributed by atoms with Crippen LogP contribution in [0.1, 0.15) is 22.3 Å². The van der Waals surface area contributed by atoms with Gasteiger partial charge >= 0.3 is 6.03 Å². The number of hydrogen-bond donors (Lipinski definition) is 3. The van der Waals surface area contributed by atoms with E-state index in [1.165, 1.54) is 11.1 Å². The van der Waals surface area contributed by atoms with Gasteiger partial charge in [-0.2, -0.15) is 11.3 Å². The van der Waals surface area contributed by atoms with E-state index in [4.69, 9.17) is 0 Å². The van der Waals surface area contributed by atoms with E-state index in [0.717, 1.165) is 24.0 Å². The minimum atomic E-state index is -0.133. The summed E-state index contributed by atoms with van der Waals surface area (Å²) in [7, 11) is 4.04. The summed E-state index contributed by atoms with van der Waals surface area (Å²) in [6.07, 6.45) is 1.67. The zero-order chi connectivity index (χ0) is 19.1. The Labute approximate surface area is 160 Å². The minimum Gasteiger partial charge on any atom is -0.508 e. The Balaban J connectivity index is 1.85. The van der Waals surface area contributed by atoms with Crippen molar-refractivity contribution in [3.63, 3.8) is 0 Å². The summed E-state index contributed by atoms with van der Waals surface area (Å²) in [6.45, 7) is 5.22. The van der Waals surface area contributed by atoms with Crippen LogP contribution in [0.5, 0.6) is 5.75 Å². The van der Waals surface area contributed by atoms with Gasteiger partial charge in [-0.25, -0.2) is 4.79 Å². The Kier molecular flexibility index (Phi) is 7.48. The van der Waals surface area contributed by atoms with Crippen molar-refractivity contribution < 1.29 is 9.90 Å². The number of likely N-dealkylation sites (N-methyl/N-ethyl adjacent to an activating group) is 1. The average molecular weight is 376 g/mol. The number of hydrogen-bond acceptors (Lipinski definition) is 4. The van der Waals surface area contributed by atoms with Crippen LogP contribution in [0.15, 0.2) is 29.0 Å². The molecule has 1 atom stereocenters. The first-order valence-electron chi connectivity index (χ1n) is 8.85. The van der Waals surface area contributed by atoms with Crippen LogP contribution in [0.4, 0.5) is 4.79 Å². The fraction of sp³-hybridized carbons (Fsp3) is 0.450. The summed E-state index contributed by atoms with van der Waals surface area (Å²) in [5, 5.41) is 19.7. The number of phenolic OH excluding ortho intramolecular Hbond substituents is 1. The Hall–Kier alpha value is -2.05. The molecule has 0 aliphatic carbocycles. The fourth-order valence-corrected chi connectivity index (χ4v) is 3.70. The number of phenols is 1. The van der Waals surface area contributed by atoms with Crippen LogP contribution in [0.25, 0.3) is 0 Å². The van der Waals surface area contributed by atoms with Gasteiger partial charge in [0, 0.05) is 19.1 Å². The van der Waals surface area contributed by atoms with Crippen LogP contribution in [-0.2, 0) is 12.8 Å². The maximum Gasteiger partial charge on any atom is 0.314 e. The van der Waals surface area contributed by atoms with E-state index in [0.29, 0.717) is 18.8 Å². The lowest BCUT2D eigenvalue weighted by molar-refractivity contribution is 0.232. The smallest absolute Gasteiger partial charge is 0.314 e. The first kappa shape index (κ1) is 20.3. The number of nitrogens with one attached hydrogen (secondary N) is 2. The Morgan fingerprint density at radius 1 is 1.23 bits per heavy atom. The molecule has 0 aliphatic rings. The highest BCUT2D eigenvalue weighted by Crippen LogP contribution is 2.22. The molecule has 1 aromatic carbocycles. The number of rotatable bonds is 8. The largest absolute Gasteiger partial charge is 0.508 e. The van der Waals surface area contributed by atoms with Gasteiger partial charge < -0.3 is 20.6 Å². The zero-order valence-corrected chi connectivity index (χ0v) is 16.8. The van der Waals surface area contributed by atoms with E-state index >= 15 is 0 Å². The third-order valence-corrected chi connectivity index (χ3v) is 5.36. The summed E-state index contributed by atoms with van der Waals surface area (Å²) >= 11 is 1.67.